The van der Waals surface area contributed by atoms with Gasteiger partial charge in [-0.3, -0.25) is 4.79 Å². The molecule has 2 unspecified atom stereocenters. The summed E-state index contributed by atoms with van der Waals surface area (Å²) in [5.74, 6) is -0.586. The molecule has 1 amide bonds. The van der Waals surface area contributed by atoms with Crippen molar-refractivity contribution in [3.05, 3.63) is 0 Å². The Labute approximate surface area is 121 Å². The number of carboxylic acids is 1. The maximum atomic E-state index is 11.5. The van der Waals surface area contributed by atoms with Crippen molar-refractivity contribution in [3.8, 4) is 0 Å². The molecule has 0 fully saturated rings. The molecule has 0 aromatic carbocycles. The Bertz CT molecular complexity index is 324. The summed E-state index contributed by atoms with van der Waals surface area (Å²) in [5, 5.41) is 14.7. The summed E-state index contributed by atoms with van der Waals surface area (Å²) in [6.45, 7) is 11.5. The van der Waals surface area contributed by atoms with E-state index in [2.05, 4.69) is 10.6 Å². The minimum atomic E-state index is -0.872. The number of carbonyl (C=O) groups is 2. The highest BCUT2D eigenvalue weighted by Gasteiger charge is 2.21. The molecule has 3 N–H and O–H groups in total. The Morgan fingerprint density at radius 1 is 1.20 bits per heavy atom. The largest absolute Gasteiger partial charge is 0.480 e. The molecule has 0 aliphatic rings. The molecule has 0 aliphatic carbocycles. The van der Waals surface area contributed by atoms with Crippen LogP contribution in [0.5, 0.6) is 0 Å². The predicted molar refractivity (Wildman–Crippen MR) is 77.7 cm³/mol. The first kappa shape index (κ1) is 18.7. The van der Waals surface area contributed by atoms with Crippen molar-refractivity contribution in [3.63, 3.8) is 0 Å². The molecule has 0 bridgehead atoms. The summed E-state index contributed by atoms with van der Waals surface area (Å²) in [4.78, 5) is 22.6. The molecule has 0 saturated carbocycles. The van der Waals surface area contributed by atoms with Gasteiger partial charge in [-0.15, -0.1) is 0 Å². The second-order valence-corrected chi connectivity index (χ2v) is 6.47. The van der Waals surface area contributed by atoms with E-state index in [0.717, 1.165) is 0 Å². The molecule has 0 saturated heterocycles. The van der Waals surface area contributed by atoms with E-state index >= 15 is 0 Å². The Kier molecular flexibility index (Phi) is 7.57. The monoisotopic (exact) mass is 288 g/mol. The molecule has 0 spiro atoms. The molecular formula is C14H28N2O4. The number of nitrogens with one attached hydrogen (secondary N) is 2. The van der Waals surface area contributed by atoms with Crippen LogP contribution in [0.2, 0.25) is 0 Å². The van der Waals surface area contributed by atoms with Gasteiger partial charge in [0.05, 0.1) is 0 Å². The number of alkyl carbamates (subject to hydrolysis) is 1. The van der Waals surface area contributed by atoms with Gasteiger partial charge in [0.25, 0.3) is 0 Å². The van der Waals surface area contributed by atoms with Crippen LogP contribution in [0.3, 0.4) is 0 Å². The van der Waals surface area contributed by atoms with Gasteiger partial charge in [0.2, 0.25) is 0 Å². The summed E-state index contributed by atoms with van der Waals surface area (Å²) < 4.78 is 5.11. The van der Waals surface area contributed by atoms with E-state index in [-0.39, 0.29) is 12.0 Å². The number of amides is 1. The van der Waals surface area contributed by atoms with E-state index in [1.807, 2.05) is 20.8 Å². The lowest BCUT2D eigenvalue weighted by molar-refractivity contribution is -0.140. The number of hydrogen-bond acceptors (Lipinski definition) is 4. The second kappa shape index (κ2) is 8.09. The third kappa shape index (κ3) is 9.61. The van der Waals surface area contributed by atoms with Crippen LogP contribution >= 0.6 is 0 Å². The second-order valence-electron chi connectivity index (χ2n) is 6.47. The van der Waals surface area contributed by atoms with Gasteiger partial charge in [0, 0.05) is 12.6 Å². The van der Waals surface area contributed by atoms with Crippen molar-refractivity contribution in [2.75, 3.05) is 6.54 Å². The zero-order valence-electron chi connectivity index (χ0n) is 13.3. The fourth-order valence-corrected chi connectivity index (χ4v) is 1.66. The number of rotatable bonds is 7. The average molecular weight is 288 g/mol. The van der Waals surface area contributed by atoms with Gasteiger partial charge in [-0.25, -0.2) is 4.79 Å². The van der Waals surface area contributed by atoms with E-state index in [9.17, 15) is 9.59 Å². The molecule has 118 valence electrons. The molecule has 0 aliphatic heterocycles. The molecule has 2 atom stereocenters. The van der Waals surface area contributed by atoms with Crippen LogP contribution in [0, 0.1) is 5.92 Å². The predicted octanol–water partition coefficient (Wildman–Crippen LogP) is 1.99. The van der Waals surface area contributed by atoms with Crippen molar-refractivity contribution in [2.24, 2.45) is 5.92 Å². The number of ether oxygens (including phenoxy) is 1. The van der Waals surface area contributed by atoms with Crippen molar-refractivity contribution in [1.82, 2.24) is 10.6 Å². The van der Waals surface area contributed by atoms with Crippen molar-refractivity contribution >= 4 is 12.1 Å². The highest BCUT2D eigenvalue weighted by atomic mass is 16.6. The van der Waals surface area contributed by atoms with Crippen molar-refractivity contribution < 1.29 is 19.4 Å². The summed E-state index contributed by atoms with van der Waals surface area (Å²) in [7, 11) is 0. The highest BCUT2D eigenvalue weighted by Crippen LogP contribution is 2.07. The van der Waals surface area contributed by atoms with Gasteiger partial charge < -0.3 is 20.5 Å². The minimum Gasteiger partial charge on any atom is -0.480 e. The standard InChI is InChI=1S/C14H28N2O4/c1-9(2)7-11(12(17)18)16-10(3)8-15-13(19)20-14(4,5)6/h9-11,16H,7-8H2,1-6H3,(H,15,19)(H,17,18). The van der Waals surface area contributed by atoms with E-state index < -0.39 is 23.7 Å². The first-order valence-corrected chi connectivity index (χ1v) is 6.97. The quantitative estimate of drug-likeness (QED) is 0.667. The van der Waals surface area contributed by atoms with Gasteiger partial charge in [0.15, 0.2) is 0 Å². The lowest BCUT2D eigenvalue weighted by Crippen LogP contribution is -2.48. The van der Waals surface area contributed by atoms with Crippen LogP contribution < -0.4 is 10.6 Å². The van der Waals surface area contributed by atoms with Gasteiger partial charge in [0.1, 0.15) is 11.6 Å². The van der Waals surface area contributed by atoms with Crippen molar-refractivity contribution in [1.29, 1.82) is 0 Å². The molecule has 20 heavy (non-hydrogen) atoms. The van der Waals surface area contributed by atoms with Crippen LogP contribution in [-0.4, -0.2) is 41.4 Å². The molecule has 0 aromatic rings. The van der Waals surface area contributed by atoms with Crippen LogP contribution in [-0.2, 0) is 9.53 Å². The smallest absolute Gasteiger partial charge is 0.407 e. The lowest BCUT2D eigenvalue weighted by atomic mass is 10.0. The summed E-state index contributed by atoms with van der Waals surface area (Å²) in [5.41, 5.74) is -0.540. The fraction of sp³-hybridized carbons (Fsp3) is 0.857. The molecule has 0 heterocycles. The number of hydrogen-bond donors (Lipinski definition) is 3. The molecule has 6 nitrogen and oxygen atoms in total. The highest BCUT2D eigenvalue weighted by molar-refractivity contribution is 5.73. The molecule has 0 rings (SSSR count). The Morgan fingerprint density at radius 3 is 2.15 bits per heavy atom. The van der Waals surface area contributed by atoms with Gasteiger partial charge in [-0.05, 0) is 40.0 Å². The normalized spacial score (nSPS) is 14.8. The maximum absolute atomic E-state index is 11.5. The Balaban J connectivity index is 4.17. The van der Waals surface area contributed by atoms with Gasteiger partial charge in [-0.1, -0.05) is 13.8 Å². The van der Waals surface area contributed by atoms with Crippen LogP contribution in [0.1, 0.15) is 48.0 Å². The van der Waals surface area contributed by atoms with E-state index in [0.29, 0.717) is 13.0 Å². The SMILES string of the molecule is CC(C)CC(NC(C)CNC(=O)OC(C)(C)C)C(=O)O. The molecular weight excluding hydrogens is 260 g/mol. The lowest BCUT2D eigenvalue weighted by Gasteiger charge is -2.23. The Hall–Kier alpha value is -1.30. The van der Waals surface area contributed by atoms with E-state index in [1.165, 1.54) is 0 Å². The van der Waals surface area contributed by atoms with Crippen LogP contribution in [0.15, 0.2) is 0 Å². The molecule has 0 radical (unpaired) electrons. The molecule has 0 aromatic heterocycles. The van der Waals surface area contributed by atoms with Crippen molar-refractivity contribution in [2.45, 2.75) is 65.6 Å². The van der Waals surface area contributed by atoms with Gasteiger partial charge in [-0.2, -0.15) is 0 Å². The topological polar surface area (TPSA) is 87.7 Å². The first-order valence-electron chi connectivity index (χ1n) is 6.97. The Morgan fingerprint density at radius 2 is 1.75 bits per heavy atom. The van der Waals surface area contributed by atoms with Crippen LogP contribution in [0.4, 0.5) is 4.79 Å². The van der Waals surface area contributed by atoms with E-state index in [4.69, 9.17) is 9.84 Å². The fourth-order valence-electron chi connectivity index (χ4n) is 1.66. The van der Waals surface area contributed by atoms with Gasteiger partial charge >= 0.3 is 12.1 Å². The zero-order valence-corrected chi connectivity index (χ0v) is 13.3. The number of carbonyl (C=O) groups excluding carboxylic acids is 1. The average Bonchev–Trinajstić information content (AvgIpc) is 2.22. The third-order valence-corrected chi connectivity index (χ3v) is 2.44. The summed E-state index contributed by atoms with van der Waals surface area (Å²) in [6, 6.07) is -0.757. The third-order valence-electron chi connectivity index (χ3n) is 2.44. The van der Waals surface area contributed by atoms with E-state index in [1.54, 1.807) is 20.8 Å². The number of aliphatic carboxylic acids is 1. The zero-order chi connectivity index (χ0) is 15.9. The maximum Gasteiger partial charge on any atom is 0.407 e. The number of carboxylic acid groups (broad SMARTS) is 1. The van der Waals surface area contributed by atoms with Crippen LogP contribution in [0.25, 0.3) is 0 Å². The summed E-state index contributed by atoms with van der Waals surface area (Å²) in [6.07, 6.45) is 0.0495. The molecule has 6 heteroatoms. The first-order chi connectivity index (χ1) is 9.01. The summed E-state index contributed by atoms with van der Waals surface area (Å²) >= 11 is 0. The minimum absolute atomic E-state index is 0.151.